The fourth-order valence-corrected chi connectivity index (χ4v) is 4.22. The van der Waals surface area contributed by atoms with Gasteiger partial charge in [-0.1, -0.05) is 24.3 Å². The van der Waals surface area contributed by atoms with Crippen LogP contribution in [-0.4, -0.2) is 27.6 Å². The molecule has 1 unspecified atom stereocenters. The van der Waals surface area contributed by atoms with Gasteiger partial charge < -0.3 is 14.5 Å². The second-order valence-corrected chi connectivity index (χ2v) is 7.27. The molecule has 0 bridgehead atoms. The van der Waals surface area contributed by atoms with E-state index < -0.39 is 5.92 Å². The molecule has 0 aliphatic carbocycles. The second kappa shape index (κ2) is 6.59. The van der Waals surface area contributed by atoms with E-state index in [1.54, 1.807) is 18.6 Å². The molecular weight excluding hydrogens is 382 g/mol. The third-order valence-corrected chi connectivity index (χ3v) is 5.40. The zero-order chi connectivity index (χ0) is 21.0. The van der Waals surface area contributed by atoms with Crippen molar-refractivity contribution in [2.24, 2.45) is 0 Å². The number of hydrogen-bond acceptors (Lipinski definition) is 5. The van der Waals surface area contributed by atoms with Gasteiger partial charge in [0.25, 0.3) is 5.56 Å². The van der Waals surface area contributed by atoms with E-state index in [0.717, 1.165) is 16.5 Å². The highest BCUT2D eigenvalue weighted by Gasteiger charge is 2.38. The molecule has 7 nitrogen and oxygen atoms in total. The lowest BCUT2D eigenvalue weighted by Gasteiger charge is -2.26. The number of fused-ring (bicyclic) bond motifs is 4. The minimum absolute atomic E-state index is 0.163. The number of nitrogens with one attached hydrogen (secondary N) is 1. The summed E-state index contributed by atoms with van der Waals surface area (Å²) in [6.07, 6.45) is 0. The van der Waals surface area contributed by atoms with Gasteiger partial charge in [0.05, 0.1) is 29.8 Å². The maximum atomic E-state index is 13.0. The maximum absolute atomic E-state index is 13.0. The number of benzene rings is 2. The van der Waals surface area contributed by atoms with E-state index in [4.69, 9.17) is 9.47 Å². The molecule has 2 aromatic heterocycles. The van der Waals surface area contributed by atoms with Gasteiger partial charge in [-0.05, 0) is 36.8 Å². The summed E-state index contributed by atoms with van der Waals surface area (Å²) in [6, 6.07) is 15.0. The van der Waals surface area contributed by atoms with E-state index >= 15 is 0 Å². The predicted molar refractivity (Wildman–Crippen MR) is 112 cm³/mol. The molecule has 1 atom stereocenters. The number of aromatic amines is 1. The van der Waals surface area contributed by atoms with Crippen LogP contribution in [0.15, 0.2) is 53.3 Å². The molecule has 0 amide bonds. The summed E-state index contributed by atoms with van der Waals surface area (Å²) < 4.78 is 13.2. The number of hydrogen-bond donors (Lipinski definition) is 1. The first kappa shape index (κ1) is 18.2. The van der Waals surface area contributed by atoms with Gasteiger partial charge >= 0.3 is 0 Å². The lowest BCUT2D eigenvalue weighted by molar-refractivity contribution is 0.0937. The average molecular weight is 401 g/mol. The second-order valence-electron chi connectivity index (χ2n) is 7.27. The molecule has 0 saturated heterocycles. The molecule has 0 spiro atoms. The first-order valence-electron chi connectivity index (χ1n) is 9.56. The quantitative estimate of drug-likeness (QED) is 0.483. The molecule has 1 aliphatic rings. The predicted octanol–water partition coefficient (Wildman–Crippen LogP) is 3.99. The van der Waals surface area contributed by atoms with Gasteiger partial charge in [0.1, 0.15) is 11.6 Å². The highest BCUT2D eigenvalue weighted by molar-refractivity contribution is 5.98. The molecule has 1 N–H and O–H groups in total. The van der Waals surface area contributed by atoms with Crippen molar-refractivity contribution in [3.63, 3.8) is 0 Å². The summed E-state index contributed by atoms with van der Waals surface area (Å²) in [6.45, 7) is 3.21. The molecule has 3 heterocycles. The number of aryl methyl sites for hydroxylation is 1. The lowest BCUT2D eigenvalue weighted by Crippen LogP contribution is -2.27. The SMILES string of the molecule is COc1cccc(C2c3c(nc(C)[nH]c3=O)Oc3c2n(C(C)=O)c2ccccc32)c1. The first-order chi connectivity index (χ1) is 14.5. The largest absolute Gasteiger partial charge is 0.497 e. The van der Waals surface area contributed by atoms with Crippen LogP contribution < -0.4 is 15.0 Å². The number of methoxy groups -OCH3 is 1. The average Bonchev–Trinajstić information content (AvgIpc) is 3.06. The Bertz CT molecular complexity index is 1380. The molecule has 150 valence electrons. The topological polar surface area (TPSA) is 86.2 Å². The van der Waals surface area contributed by atoms with E-state index in [0.29, 0.717) is 28.6 Å². The number of H-pyrrole nitrogens is 1. The molecular formula is C23H19N3O4. The zero-order valence-electron chi connectivity index (χ0n) is 16.7. The number of carbonyl (C=O) groups is 1. The van der Waals surface area contributed by atoms with E-state index in [9.17, 15) is 9.59 Å². The van der Waals surface area contributed by atoms with Crippen molar-refractivity contribution in [2.75, 3.05) is 7.11 Å². The Morgan fingerprint density at radius 2 is 2.00 bits per heavy atom. The van der Waals surface area contributed by atoms with Gasteiger partial charge in [-0.15, -0.1) is 0 Å². The van der Waals surface area contributed by atoms with Gasteiger partial charge in [0, 0.05) is 12.3 Å². The minimum Gasteiger partial charge on any atom is -0.497 e. The van der Waals surface area contributed by atoms with Crippen LogP contribution in [-0.2, 0) is 0 Å². The fourth-order valence-electron chi connectivity index (χ4n) is 4.22. The van der Waals surface area contributed by atoms with Crippen molar-refractivity contribution in [1.29, 1.82) is 0 Å². The first-order valence-corrected chi connectivity index (χ1v) is 9.56. The third-order valence-electron chi connectivity index (χ3n) is 5.40. The molecule has 2 aromatic carbocycles. The normalized spacial score (nSPS) is 14.7. The summed E-state index contributed by atoms with van der Waals surface area (Å²) in [7, 11) is 1.59. The van der Waals surface area contributed by atoms with Crippen LogP contribution in [0.5, 0.6) is 17.4 Å². The number of ether oxygens (including phenoxy) is 2. The Balaban J connectivity index is 1.93. The van der Waals surface area contributed by atoms with Crippen LogP contribution in [0.1, 0.15) is 40.3 Å². The number of para-hydroxylation sites is 1. The van der Waals surface area contributed by atoms with Gasteiger partial charge in [-0.3, -0.25) is 14.2 Å². The van der Waals surface area contributed by atoms with Crippen molar-refractivity contribution in [2.45, 2.75) is 19.8 Å². The number of aromatic nitrogens is 3. The van der Waals surface area contributed by atoms with E-state index in [-0.39, 0.29) is 17.3 Å². The summed E-state index contributed by atoms with van der Waals surface area (Å²) in [4.78, 5) is 33.0. The standard InChI is InChI=1S/C23H19N3O4/c1-12-24-22(28)19-18(14-7-6-8-15(11-14)29-3)20-21(30-23(19)25-12)16-9-4-5-10-17(16)26(20)13(2)27/h4-11,18H,1-3H3,(H,24,25,28). The van der Waals surface area contributed by atoms with Crippen molar-refractivity contribution in [3.05, 3.63) is 81.5 Å². The molecule has 1 aliphatic heterocycles. The molecule has 7 heteroatoms. The molecule has 0 fully saturated rings. The summed E-state index contributed by atoms with van der Waals surface area (Å²) in [5.41, 5.74) is 2.22. The third kappa shape index (κ3) is 2.55. The van der Waals surface area contributed by atoms with Gasteiger partial charge in [0.15, 0.2) is 5.75 Å². The van der Waals surface area contributed by atoms with Crippen molar-refractivity contribution in [3.8, 4) is 17.4 Å². The van der Waals surface area contributed by atoms with Gasteiger partial charge in [0.2, 0.25) is 11.8 Å². The Morgan fingerprint density at radius 1 is 1.20 bits per heavy atom. The lowest BCUT2D eigenvalue weighted by atomic mass is 9.87. The van der Waals surface area contributed by atoms with Gasteiger partial charge in [-0.2, -0.15) is 4.98 Å². The maximum Gasteiger partial charge on any atom is 0.258 e. The summed E-state index contributed by atoms with van der Waals surface area (Å²) in [5.74, 6) is 1.20. The molecule has 30 heavy (non-hydrogen) atoms. The Labute approximate surface area is 171 Å². The Kier molecular flexibility index (Phi) is 3.99. The van der Waals surface area contributed by atoms with E-state index in [1.807, 2.05) is 48.5 Å². The number of rotatable bonds is 2. The van der Waals surface area contributed by atoms with Crippen LogP contribution in [0.2, 0.25) is 0 Å². The monoisotopic (exact) mass is 401 g/mol. The molecule has 4 aromatic rings. The summed E-state index contributed by atoms with van der Waals surface area (Å²) in [5, 5.41) is 0.793. The van der Waals surface area contributed by atoms with Crippen LogP contribution in [0.25, 0.3) is 10.9 Å². The smallest absolute Gasteiger partial charge is 0.258 e. The number of carbonyl (C=O) groups excluding carboxylic acids is 1. The Morgan fingerprint density at radius 3 is 2.77 bits per heavy atom. The summed E-state index contributed by atoms with van der Waals surface area (Å²) >= 11 is 0. The van der Waals surface area contributed by atoms with Crippen molar-refractivity contribution < 1.29 is 14.3 Å². The van der Waals surface area contributed by atoms with Crippen LogP contribution in [0, 0.1) is 6.92 Å². The zero-order valence-corrected chi connectivity index (χ0v) is 16.7. The van der Waals surface area contributed by atoms with Crippen LogP contribution in [0.3, 0.4) is 0 Å². The van der Waals surface area contributed by atoms with E-state index in [2.05, 4.69) is 9.97 Å². The minimum atomic E-state index is -0.549. The highest BCUT2D eigenvalue weighted by atomic mass is 16.5. The van der Waals surface area contributed by atoms with Crippen LogP contribution >= 0.6 is 0 Å². The highest BCUT2D eigenvalue weighted by Crippen LogP contribution is 2.49. The molecule has 5 rings (SSSR count). The van der Waals surface area contributed by atoms with Crippen molar-refractivity contribution in [1.82, 2.24) is 14.5 Å². The molecule has 0 radical (unpaired) electrons. The fraction of sp³-hybridized carbons (Fsp3) is 0.174. The van der Waals surface area contributed by atoms with Crippen LogP contribution in [0.4, 0.5) is 0 Å². The number of nitrogens with zero attached hydrogens (tertiary/aromatic N) is 2. The molecule has 0 saturated carbocycles. The van der Waals surface area contributed by atoms with Gasteiger partial charge in [-0.25, -0.2) is 0 Å². The van der Waals surface area contributed by atoms with E-state index in [1.165, 1.54) is 6.92 Å². The Hall–Kier alpha value is -3.87. The van der Waals surface area contributed by atoms with Crippen molar-refractivity contribution >= 4 is 16.8 Å².